The number of nitrogens with zero attached hydrogens (tertiary/aromatic N) is 3. The number of carbonyl (C=O) groups is 1. The van der Waals surface area contributed by atoms with E-state index in [2.05, 4.69) is 26.1 Å². The van der Waals surface area contributed by atoms with Crippen LogP contribution in [0.25, 0.3) is 11.5 Å². The van der Waals surface area contributed by atoms with E-state index >= 15 is 0 Å². The van der Waals surface area contributed by atoms with Gasteiger partial charge in [-0.25, -0.2) is 0 Å². The molecule has 0 spiro atoms. The van der Waals surface area contributed by atoms with Gasteiger partial charge in [-0.2, -0.15) is 0 Å². The Morgan fingerprint density at radius 1 is 1.24 bits per heavy atom. The summed E-state index contributed by atoms with van der Waals surface area (Å²) in [5, 5.41) is 8.83. The SMILES string of the molecule is O=C(c1ccc(Br)s1)N(Cc1nnc(-c2ccc(Cl)cc2)o1)C1CC1. The summed E-state index contributed by atoms with van der Waals surface area (Å²) >= 11 is 10.7. The standard InChI is InChI=1S/C17H13BrClN3O2S/c18-14-8-7-13(25-14)17(23)22(12-5-6-12)9-15-20-21-16(24-15)10-1-3-11(19)4-2-10/h1-4,7-8,12H,5-6,9H2. The van der Waals surface area contributed by atoms with Gasteiger partial charge in [0.2, 0.25) is 11.8 Å². The van der Waals surface area contributed by atoms with Gasteiger partial charge < -0.3 is 9.32 Å². The maximum Gasteiger partial charge on any atom is 0.264 e. The summed E-state index contributed by atoms with van der Waals surface area (Å²) in [6, 6.07) is 11.2. The van der Waals surface area contributed by atoms with Crippen molar-refractivity contribution in [2.45, 2.75) is 25.4 Å². The third-order valence-corrected chi connectivity index (χ3v) is 5.76. The van der Waals surface area contributed by atoms with Crippen molar-refractivity contribution in [3.8, 4) is 11.5 Å². The molecule has 1 saturated carbocycles. The van der Waals surface area contributed by atoms with E-state index < -0.39 is 0 Å². The van der Waals surface area contributed by atoms with Gasteiger partial charge in [0.15, 0.2) is 0 Å². The Kier molecular flexibility index (Phi) is 4.62. The predicted octanol–water partition coefficient (Wildman–Crippen LogP) is 5.02. The van der Waals surface area contributed by atoms with E-state index in [1.807, 2.05) is 29.2 Å². The maximum atomic E-state index is 12.8. The van der Waals surface area contributed by atoms with Crippen molar-refractivity contribution in [3.05, 3.63) is 56.0 Å². The highest BCUT2D eigenvalue weighted by atomic mass is 79.9. The van der Waals surface area contributed by atoms with Crippen LogP contribution in [0.15, 0.2) is 44.6 Å². The van der Waals surface area contributed by atoms with Crippen molar-refractivity contribution in [3.63, 3.8) is 0 Å². The summed E-state index contributed by atoms with van der Waals surface area (Å²) in [4.78, 5) is 15.3. The molecule has 4 rings (SSSR count). The van der Waals surface area contributed by atoms with E-state index in [9.17, 15) is 4.79 Å². The van der Waals surface area contributed by atoms with Gasteiger partial charge in [-0.05, 0) is 65.2 Å². The van der Waals surface area contributed by atoms with Gasteiger partial charge in [-0.3, -0.25) is 4.79 Å². The van der Waals surface area contributed by atoms with Crippen LogP contribution >= 0.6 is 38.9 Å². The van der Waals surface area contributed by atoms with Crippen LogP contribution in [0.5, 0.6) is 0 Å². The molecule has 0 unspecified atom stereocenters. The predicted molar refractivity (Wildman–Crippen MR) is 99.7 cm³/mol. The van der Waals surface area contributed by atoms with Gasteiger partial charge in [-0.1, -0.05) is 11.6 Å². The lowest BCUT2D eigenvalue weighted by molar-refractivity contribution is 0.0719. The number of thiophene rings is 1. The third kappa shape index (κ3) is 3.78. The van der Waals surface area contributed by atoms with E-state index in [0.717, 1.165) is 22.2 Å². The molecule has 25 heavy (non-hydrogen) atoms. The largest absolute Gasteiger partial charge is 0.419 e. The lowest BCUT2D eigenvalue weighted by Gasteiger charge is -2.19. The van der Waals surface area contributed by atoms with Crippen LogP contribution in [0.3, 0.4) is 0 Å². The Hall–Kier alpha value is -1.70. The number of hydrogen-bond acceptors (Lipinski definition) is 5. The van der Waals surface area contributed by atoms with Gasteiger partial charge >= 0.3 is 0 Å². The van der Waals surface area contributed by atoms with Crippen molar-refractivity contribution in [2.24, 2.45) is 0 Å². The molecule has 5 nitrogen and oxygen atoms in total. The van der Waals surface area contributed by atoms with Crippen LogP contribution in [0, 0.1) is 0 Å². The zero-order valence-electron chi connectivity index (χ0n) is 13.0. The molecule has 1 aromatic carbocycles. The van der Waals surface area contributed by atoms with Crippen molar-refractivity contribution >= 4 is 44.8 Å². The van der Waals surface area contributed by atoms with Crippen molar-refractivity contribution < 1.29 is 9.21 Å². The molecule has 2 heterocycles. The Balaban J connectivity index is 1.53. The first kappa shape index (κ1) is 16.8. The lowest BCUT2D eigenvalue weighted by atomic mass is 10.2. The van der Waals surface area contributed by atoms with Crippen LogP contribution in [-0.2, 0) is 6.54 Å². The van der Waals surface area contributed by atoms with E-state index in [-0.39, 0.29) is 11.9 Å². The molecule has 0 aliphatic heterocycles. The van der Waals surface area contributed by atoms with E-state index in [1.165, 1.54) is 11.3 Å². The number of aromatic nitrogens is 2. The van der Waals surface area contributed by atoms with Gasteiger partial charge in [-0.15, -0.1) is 21.5 Å². The van der Waals surface area contributed by atoms with Crippen LogP contribution in [-0.4, -0.2) is 27.0 Å². The van der Waals surface area contributed by atoms with E-state index in [0.29, 0.717) is 28.2 Å². The third-order valence-electron chi connectivity index (χ3n) is 3.90. The average molecular weight is 439 g/mol. The molecule has 1 amide bonds. The molecule has 8 heteroatoms. The van der Waals surface area contributed by atoms with Crippen LogP contribution < -0.4 is 0 Å². The molecule has 0 N–H and O–H groups in total. The van der Waals surface area contributed by atoms with Crippen molar-refractivity contribution in [2.75, 3.05) is 0 Å². The molecule has 1 fully saturated rings. The zero-order chi connectivity index (χ0) is 17.4. The average Bonchev–Trinajstić information content (AvgIpc) is 3.18. The fourth-order valence-corrected chi connectivity index (χ4v) is 3.96. The second-order valence-corrected chi connectivity index (χ2v) is 8.68. The smallest absolute Gasteiger partial charge is 0.264 e. The van der Waals surface area contributed by atoms with Crippen molar-refractivity contribution in [1.82, 2.24) is 15.1 Å². The topological polar surface area (TPSA) is 59.2 Å². The first-order valence-corrected chi connectivity index (χ1v) is 9.73. The van der Waals surface area contributed by atoms with Crippen molar-refractivity contribution in [1.29, 1.82) is 0 Å². The number of carbonyl (C=O) groups excluding carboxylic acids is 1. The molecule has 0 bridgehead atoms. The molecular formula is C17H13BrClN3O2S. The Morgan fingerprint density at radius 2 is 2.00 bits per heavy atom. The van der Waals surface area contributed by atoms with Gasteiger partial charge in [0.25, 0.3) is 5.91 Å². The van der Waals surface area contributed by atoms with Crippen LogP contribution in [0.4, 0.5) is 0 Å². The van der Waals surface area contributed by atoms with Crippen LogP contribution in [0.2, 0.25) is 5.02 Å². The Labute approximate surface area is 161 Å². The molecule has 128 valence electrons. The number of halogens is 2. The summed E-state index contributed by atoms with van der Waals surface area (Å²) in [6.45, 7) is 0.319. The van der Waals surface area contributed by atoms with E-state index in [4.69, 9.17) is 16.0 Å². The minimum Gasteiger partial charge on any atom is -0.419 e. The molecule has 1 aliphatic carbocycles. The molecule has 2 aromatic heterocycles. The molecular weight excluding hydrogens is 426 g/mol. The minimum absolute atomic E-state index is 0.00411. The monoisotopic (exact) mass is 437 g/mol. The number of rotatable bonds is 5. The van der Waals surface area contributed by atoms with Gasteiger partial charge in [0.05, 0.1) is 15.2 Å². The molecule has 0 radical (unpaired) electrons. The highest BCUT2D eigenvalue weighted by molar-refractivity contribution is 9.11. The molecule has 0 saturated heterocycles. The zero-order valence-corrected chi connectivity index (χ0v) is 16.1. The highest BCUT2D eigenvalue weighted by Gasteiger charge is 2.34. The summed E-state index contributed by atoms with van der Waals surface area (Å²) in [5.74, 6) is 0.860. The number of hydrogen-bond donors (Lipinski definition) is 0. The Morgan fingerprint density at radius 3 is 2.64 bits per heavy atom. The molecule has 3 aromatic rings. The number of benzene rings is 1. The normalized spacial score (nSPS) is 13.8. The first-order valence-electron chi connectivity index (χ1n) is 7.75. The second kappa shape index (κ2) is 6.90. The van der Waals surface area contributed by atoms with E-state index in [1.54, 1.807) is 12.1 Å². The molecule has 0 atom stereocenters. The highest BCUT2D eigenvalue weighted by Crippen LogP contribution is 2.32. The molecule has 1 aliphatic rings. The fraction of sp³-hybridized carbons (Fsp3) is 0.235. The minimum atomic E-state index is 0.00411. The summed E-state index contributed by atoms with van der Waals surface area (Å²) in [6.07, 6.45) is 2.02. The fourth-order valence-electron chi connectivity index (χ4n) is 2.50. The maximum absolute atomic E-state index is 12.8. The number of amides is 1. The first-order chi connectivity index (χ1) is 12.1. The van der Waals surface area contributed by atoms with Crippen LogP contribution in [0.1, 0.15) is 28.4 Å². The lowest BCUT2D eigenvalue weighted by Crippen LogP contribution is -2.32. The second-order valence-electron chi connectivity index (χ2n) is 5.78. The summed E-state index contributed by atoms with van der Waals surface area (Å²) in [7, 11) is 0. The van der Waals surface area contributed by atoms with Gasteiger partial charge in [0, 0.05) is 16.6 Å². The Bertz CT molecular complexity index is 905. The summed E-state index contributed by atoms with van der Waals surface area (Å²) < 4.78 is 6.68. The summed E-state index contributed by atoms with van der Waals surface area (Å²) in [5.41, 5.74) is 0.801. The van der Waals surface area contributed by atoms with Gasteiger partial charge in [0.1, 0.15) is 0 Å². The quantitative estimate of drug-likeness (QED) is 0.561.